The summed E-state index contributed by atoms with van der Waals surface area (Å²) in [4.78, 5) is 29.9. The van der Waals surface area contributed by atoms with Crippen molar-refractivity contribution in [2.75, 3.05) is 0 Å². The maximum absolute atomic E-state index is 11.3. The summed E-state index contributed by atoms with van der Waals surface area (Å²) in [7, 11) is 0. The number of fused-ring (bicyclic) bond motifs is 2. The second-order valence-electron chi connectivity index (χ2n) is 8.98. The van der Waals surface area contributed by atoms with Gasteiger partial charge >= 0.3 is 5.69 Å². The van der Waals surface area contributed by atoms with Gasteiger partial charge in [-0.25, -0.2) is 4.98 Å². The molecule has 11 heteroatoms. The summed E-state index contributed by atoms with van der Waals surface area (Å²) in [6, 6.07) is 26.3. The monoisotopic (exact) mass is 546 g/mol. The molecular weight excluding hydrogens is 528 g/mol. The maximum atomic E-state index is 11.3. The van der Waals surface area contributed by atoms with Gasteiger partial charge in [0.1, 0.15) is 17.0 Å². The summed E-state index contributed by atoms with van der Waals surface area (Å²) in [6.45, 7) is 0. The average Bonchev–Trinajstić information content (AvgIpc) is 3.39. The second-order valence-corrected chi connectivity index (χ2v) is 8.98. The van der Waals surface area contributed by atoms with E-state index in [0.717, 1.165) is 28.5 Å². The average molecular weight is 546 g/mol. The van der Waals surface area contributed by atoms with E-state index in [0.29, 0.717) is 34.0 Å². The van der Waals surface area contributed by atoms with Crippen molar-refractivity contribution in [2.45, 2.75) is 0 Å². The first-order chi connectivity index (χ1) is 19.8. The quantitative estimate of drug-likeness (QED) is 0.121. The molecule has 6 aromatic rings. The van der Waals surface area contributed by atoms with Crippen LogP contribution < -0.4 is 4.74 Å². The molecule has 0 saturated heterocycles. The molecule has 11 nitrogen and oxygen atoms in total. The van der Waals surface area contributed by atoms with Crippen LogP contribution in [0.25, 0.3) is 33.3 Å². The summed E-state index contributed by atoms with van der Waals surface area (Å²) in [5, 5.41) is 34.7. The Bertz CT molecular complexity index is 2000. The number of hydrogen-bond acceptors (Lipinski definition) is 9. The van der Waals surface area contributed by atoms with Crippen molar-refractivity contribution >= 4 is 45.1 Å². The number of nitro benzene ring substituents is 2. The number of aromatic hydroxyl groups is 1. The molecule has 0 unspecified atom stereocenters. The largest absolute Gasteiger partial charge is 0.507 e. The summed E-state index contributed by atoms with van der Waals surface area (Å²) in [5.41, 5.74) is 2.07. The van der Waals surface area contributed by atoms with Gasteiger partial charge in [-0.1, -0.05) is 24.3 Å². The SMILES string of the molecule is O=[N+]([O-])c1ccc(Oc2ccc(C=Nc3ccc4oc(-c5cc6ccccc6cc5O)nc4c3)cc2)c([N+](=O)[O-])c1. The predicted octanol–water partition coefficient (Wildman–Crippen LogP) is 7.71. The fraction of sp³-hybridized carbons (Fsp3) is 0. The number of rotatable bonds is 7. The van der Waals surface area contributed by atoms with E-state index in [9.17, 15) is 25.3 Å². The highest BCUT2D eigenvalue weighted by atomic mass is 16.6. The molecule has 0 amide bonds. The highest BCUT2D eigenvalue weighted by Crippen LogP contribution is 2.36. The molecular formula is C30H18N4O7. The Morgan fingerprint density at radius 3 is 2.34 bits per heavy atom. The van der Waals surface area contributed by atoms with Crippen LogP contribution in [0.1, 0.15) is 5.56 Å². The van der Waals surface area contributed by atoms with Gasteiger partial charge in [0.15, 0.2) is 5.58 Å². The van der Waals surface area contributed by atoms with Gasteiger partial charge in [-0.05, 0) is 77.0 Å². The van der Waals surface area contributed by atoms with E-state index in [1.54, 1.807) is 54.7 Å². The molecule has 1 heterocycles. The number of ether oxygens (including phenoxy) is 1. The van der Waals surface area contributed by atoms with Gasteiger partial charge in [0, 0.05) is 12.3 Å². The fourth-order valence-corrected chi connectivity index (χ4v) is 4.26. The van der Waals surface area contributed by atoms with Crippen molar-refractivity contribution in [2.24, 2.45) is 4.99 Å². The molecule has 41 heavy (non-hydrogen) atoms. The number of non-ortho nitro benzene ring substituents is 1. The van der Waals surface area contributed by atoms with Crippen LogP contribution in [0.4, 0.5) is 17.1 Å². The van der Waals surface area contributed by atoms with Crippen molar-refractivity contribution in [1.29, 1.82) is 0 Å². The van der Waals surface area contributed by atoms with Gasteiger partial charge in [-0.3, -0.25) is 25.2 Å². The topological polar surface area (TPSA) is 154 Å². The summed E-state index contributed by atoms with van der Waals surface area (Å²) in [6.07, 6.45) is 1.63. The zero-order valence-electron chi connectivity index (χ0n) is 21.0. The van der Waals surface area contributed by atoms with Gasteiger partial charge in [0.05, 0.1) is 27.2 Å². The van der Waals surface area contributed by atoms with Crippen LogP contribution in [0.15, 0.2) is 106 Å². The van der Waals surface area contributed by atoms with Crippen LogP contribution in [-0.2, 0) is 0 Å². The number of phenolic OH excluding ortho intramolecular Hbond substituents is 1. The Balaban J connectivity index is 1.20. The first-order valence-corrected chi connectivity index (χ1v) is 12.2. The van der Waals surface area contributed by atoms with E-state index in [1.807, 2.05) is 30.3 Å². The van der Waals surface area contributed by atoms with Gasteiger partial charge < -0.3 is 14.3 Å². The zero-order valence-corrected chi connectivity index (χ0v) is 21.0. The Morgan fingerprint density at radius 1 is 0.854 bits per heavy atom. The van der Waals surface area contributed by atoms with Gasteiger partial charge in [-0.2, -0.15) is 0 Å². The van der Waals surface area contributed by atoms with E-state index >= 15 is 0 Å². The van der Waals surface area contributed by atoms with E-state index < -0.39 is 21.2 Å². The standard InChI is InChI=1S/C30H18N4O7/c35-27-14-20-4-2-1-3-19(20)13-24(27)30-32-25-15-21(7-11-28(25)41-30)31-17-18-5-9-23(10-6-18)40-29-12-8-22(33(36)37)16-26(29)34(38)39/h1-17,35H. The van der Waals surface area contributed by atoms with Crippen LogP contribution in [0.3, 0.4) is 0 Å². The molecule has 200 valence electrons. The fourth-order valence-electron chi connectivity index (χ4n) is 4.26. The summed E-state index contributed by atoms with van der Waals surface area (Å²) < 4.78 is 11.5. The lowest BCUT2D eigenvalue weighted by Gasteiger charge is -2.06. The van der Waals surface area contributed by atoms with Crippen molar-refractivity contribution in [3.05, 3.63) is 123 Å². The third-order valence-electron chi connectivity index (χ3n) is 6.29. The minimum absolute atomic E-state index is 0.0733. The first kappa shape index (κ1) is 25.2. The smallest absolute Gasteiger partial charge is 0.318 e. The minimum Gasteiger partial charge on any atom is -0.507 e. The number of aliphatic imine (C=N–C) groups is 1. The number of nitro groups is 2. The van der Waals surface area contributed by atoms with Crippen LogP contribution >= 0.6 is 0 Å². The third kappa shape index (κ3) is 5.14. The number of nitrogens with zero attached hydrogens (tertiary/aromatic N) is 4. The van der Waals surface area contributed by atoms with E-state index in [2.05, 4.69) is 9.98 Å². The van der Waals surface area contributed by atoms with Crippen molar-refractivity contribution in [1.82, 2.24) is 4.98 Å². The van der Waals surface area contributed by atoms with Crippen LogP contribution in [-0.4, -0.2) is 26.2 Å². The van der Waals surface area contributed by atoms with E-state index in [4.69, 9.17) is 9.15 Å². The van der Waals surface area contributed by atoms with Gasteiger partial charge in [-0.15, -0.1) is 0 Å². The number of hydrogen-bond donors (Lipinski definition) is 1. The number of benzene rings is 5. The lowest BCUT2D eigenvalue weighted by Crippen LogP contribution is -1.96. The Hall–Kier alpha value is -6.10. The van der Waals surface area contributed by atoms with Gasteiger partial charge in [0.25, 0.3) is 5.69 Å². The maximum Gasteiger partial charge on any atom is 0.318 e. The van der Waals surface area contributed by atoms with Crippen LogP contribution in [0, 0.1) is 20.2 Å². The Kier molecular flexibility index (Phi) is 6.28. The zero-order chi connectivity index (χ0) is 28.5. The molecule has 0 saturated carbocycles. The molecule has 1 aromatic heterocycles. The number of oxazole rings is 1. The first-order valence-electron chi connectivity index (χ1n) is 12.2. The molecule has 6 rings (SSSR count). The van der Waals surface area contributed by atoms with E-state index in [1.165, 1.54) is 6.07 Å². The lowest BCUT2D eigenvalue weighted by atomic mass is 10.1. The second kappa shape index (κ2) is 10.2. The van der Waals surface area contributed by atoms with Crippen LogP contribution in [0.5, 0.6) is 17.2 Å². The molecule has 5 aromatic carbocycles. The molecule has 0 radical (unpaired) electrons. The molecule has 0 fully saturated rings. The minimum atomic E-state index is -0.734. The van der Waals surface area contributed by atoms with Crippen molar-refractivity contribution in [3.8, 4) is 28.7 Å². The Morgan fingerprint density at radius 2 is 1.61 bits per heavy atom. The highest BCUT2D eigenvalue weighted by Gasteiger charge is 2.21. The molecule has 0 aliphatic rings. The highest BCUT2D eigenvalue weighted by molar-refractivity contribution is 5.90. The third-order valence-corrected chi connectivity index (χ3v) is 6.29. The Labute approximate surface area is 230 Å². The summed E-state index contributed by atoms with van der Waals surface area (Å²) in [5.74, 6) is 0.573. The number of phenols is 1. The summed E-state index contributed by atoms with van der Waals surface area (Å²) >= 11 is 0. The molecule has 0 aliphatic heterocycles. The van der Waals surface area contributed by atoms with Crippen molar-refractivity contribution < 1.29 is 24.1 Å². The molecule has 1 N–H and O–H groups in total. The molecule has 0 aliphatic carbocycles. The van der Waals surface area contributed by atoms with Gasteiger partial charge in [0.2, 0.25) is 11.6 Å². The lowest BCUT2D eigenvalue weighted by molar-refractivity contribution is -0.394. The molecule has 0 bridgehead atoms. The number of aromatic nitrogens is 1. The molecule has 0 atom stereocenters. The molecule has 0 spiro atoms. The normalized spacial score (nSPS) is 11.3. The van der Waals surface area contributed by atoms with E-state index in [-0.39, 0.29) is 11.5 Å². The van der Waals surface area contributed by atoms with Crippen LogP contribution in [0.2, 0.25) is 0 Å². The van der Waals surface area contributed by atoms with Crippen molar-refractivity contribution in [3.63, 3.8) is 0 Å². The predicted molar refractivity (Wildman–Crippen MR) is 152 cm³/mol.